The number of imidazole rings is 1. The number of carbonyl (C=O) groups excluding carboxylic acids is 1. The molecule has 2 heterocycles. The first kappa shape index (κ1) is 17.0. The molecule has 0 saturated heterocycles. The van der Waals surface area contributed by atoms with Gasteiger partial charge < -0.3 is 9.72 Å². The predicted octanol–water partition coefficient (Wildman–Crippen LogP) is 3.13. The van der Waals surface area contributed by atoms with Gasteiger partial charge in [-0.05, 0) is 48.6 Å². The number of nitrogens with zero attached hydrogens (tertiary/aromatic N) is 3. The van der Waals surface area contributed by atoms with Gasteiger partial charge in [0.15, 0.2) is 10.6 Å². The quantitative estimate of drug-likeness (QED) is 0.462. The molecule has 0 aliphatic carbocycles. The van der Waals surface area contributed by atoms with Crippen LogP contribution < -0.4 is 10.1 Å². The fraction of sp³-hybridized carbons (Fsp3) is 0.111. The van der Waals surface area contributed by atoms with Crippen LogP contribution >= 0.6 is 12.2 Å². The van der Waals surface area contributed by atoms with Crippen LogP contribution in [0.3, 0.4) is 0 Å². The lowest BCUT2D eigenvalue weighted by Gasteiger charge is -2.07. The Hall–Kier alpha value is -3.46. The molecule has 1 amide bonds. The van der Waals surface area contributed by atoms with Crippen LogP contribution in [0.15, 0.2) is 48.5 Å². The van der Waals surface area contributed by atoms with E-state index in [0.717, 1.165) is 22.3 Å². The number of fused-ring (bicyclic) bond motifs is 1. The molecule has 8 nitrogen and oxygen atoms in total. The third-order valence-corrected chi connectivity index (χ3v) is 4.37. The number of benzene rings is 2. The normalized spacial score (nSPS) is 10.9. The number of H-pyrrole nitrogens is 2. The molecular weight excluding hydrogens is 364 g/mol. The molecule has 0 fully saturated rings. The third-order valence-electron chi connectivity index (χ3n) is 4.06. The average molecular weight is 380 g/mol. The van der Waals surface area contributed by atoms with E-state index in [9.17, 15) is 4.79 Å². The summed E-state index contributed by atoms with van der Waals surface area (Å²) in [5.74, 6) is 1.44. The monoisotopic (exact) mass is 380 g/mol. The summed E-state index contributed by atoms with van der Waals surface area (Å²) < 4.78 is 7.16. The highest BCUT2D eigenvalue weighted by molar-refractivity contribution is 7.71. The molecule has 136 valence electrons. The molecule has 0 unspecified atom stereocenters. The highest BCUT2D eigenvalue weighted by Gasteiger charge is 2.14. The van der Waals surface area contributed by atoms with E-state index in [2.05, 4.69) is 25.5 Å². The molecule has 0 aliphatic heterocycles. The minimum atomic E-state index is -0.263. The first-order valence-corrected chi connectivity index (χ1v) is 8.59. The molecule has 3 N–H and O–H groups in total. The van der Waals surface area contributed by atoms with Crippen LogP contribution in [-0.4, -0.2) is 37.7 Å². The van der Waals surface area contributed by atoms with E-state index in [1.165, 1.54) is 0 Å². The summed E-state index contributed by atoms with van der Waals surface area (Å²) in [6.45, 7) is 0.00768. The van der Waals surface area contributed by atoms with Crippen molar-refractivity contribution in [2.45, 2.75) is 6.54 Å². The number of anilines is 1. The van der Waals surface area contributed by atoms with Crippen molar-refractivity contribution in [3.05, 3.63) is 53.3 Å². The Labute approximate surface area is 159 Å². The Morgan fingerprint density at radius 1 is 1.22 bits per heavy atom. The van der Waals surface area contributed by atoms with Crippen LogP contribution in [0.25, 0.3) is 22.4 Å². The van der Waals surface area contributed by atoms with Crippen molar-refractivity contribution in [2.24, 2.45) is 0 Å². The number of amides is 1. The molecular formula is C18H16N6O2S. The van der Waals surface area contributed by atoms with E-state index in [4.69, 9.17) is 17.0 Å². The summed E-state index contributed by atoms with van der Waals surface area (Å²) in [6, 6.07) is 14.9. The predicted molar refractivity (Wildman–Crippen MR) is 104 cm³/mol. The maximum absolute atomic E-state index is 12.5. The minimum absolute atomic E-state index is 0.00768. The maximum atomic E-state index is 12.5. The minimum Gasteiger partial charge on any atom is -0.497 e. The molecule has 0 atom stereocenters. The number of hydrogen-bond acceptors (Lipinski definition) is 5. The zero-order valence-corrected chi connectivity index (χ0v) is 15.2. The van der Waals surface area contributed by atoms with Crippen LogP contribution in [0.5, 0.6) is 5.75 Å². The number of nitrogens with one attached hydrogen (secondary N) is 3. The number of para-hydroxylation sites is 2. The Kier molecular flexibility index (Phi) is 4.43. The van der Waals surface area contributed by atoms with E-state index in [1.807, 2.05) is 48.5 Å². The number of aromatic amines is 2. The second kappa shape index (κ2) is 7.04. The van der Waals surface area contributed by atoms with Gasteiger partial charge in [-0.15, -0.1) is 0 Å². The molecule has 4 rings (SSSR count). The van der Waals surface area contributed by atoms with Crippen LogP contribution in [0.2, 0.25) is 0 Å². The van der Waals surface area contributed by atoms with E-state index < -0.39 is 0 Å². The summed E-state index contributed by atoms with van der Waals surface area (Å²) in [5, 5.41) is 9.73. The van der Waals surface area contributed by atoms with Gasteiger partial charge in [-0.1, -0.05) is 12.1 Å². The van der Waals surface area contributed by atoms with E-state index in [1.54, 1.807) is 11.7 Å². The summed E-state index contributed by atoms with van der Waals surface area (Å²) >= 11 is 5.27. The highest BCUT2D eigenvalue weighted by Crippen LogP contribution is 2.21. The molecule has 4 aromatic rings. The molecule has 2 aromatic heterocycles. The molecule has 0 aliphatic rings. The molecule has 2 aromatic carbocycles. The van der Waals surface area contributed by atoms with E-state index in [0.29, 0.717) is 16.5 Å². The second-order valence-corrected chi connectivity index (χ2v) is 6.20. The first-order valence-electron chi connectivity index (χ1n) is 8.18. The fourth-order valence-electron chi connectivity index (χ4n) is 2.75. The molecule has 27 heavy (non-hydrogen) atoms. The third kappa shape index (κ3) is 3.44. The Morgan fingerprint density at radius 2 is 2.00 bits per heavy atom. The Balaban J connectivity index is 1.55. The van der Waals surface area contributed by atoms with Gasteiger partial charge in [0.1, 0.15) is 12.3 Å². The second-order valence-electron chi connectivity index (χ2n) is 5.82. The number of rotatable bonds is 5. The Bertz CT molecular complexity index is 1130. The molecule has 0 saturated carbocycles. The summed E-state index contributed by atoms with van der Waals surface area (Å²) in [4.78, 5) is 19.9. The van der Waals surface area contributed by atoms with Crippen LogP contribution in [0, 0.1) is 4.77 Å². The fourth-order valence-corrected chi connectivity index (χ4v) is 2.95. The summed E-state index contributed by atoms with van der Waals surface area (Å²) in [5.41, 5.74) is 2.46. The number of carbonyl (C=O) groups is 1. The largest absolute Gasteiger partial charge is 0.497 e. The van der Waals surface area contributed by atoms with Crippen LogP contribution in [0.4, 0.5) is 5.95 Å². The van der Waals surface area contributed by atoms with Gasteiger partial charge in [0.2, 0.25) is 11.9 Å². The van der Waals surface area contributed by atoms with Gasteiger partial charge in [-0.2, -0.15) is 5.10 Å². The topological polar surface area (TPSA) is 101 Å². The maximum Gasteiger partial charge on any atom is 0.246 e. The van der Waals surface area contributed by atoms with Crippen molar-refractivity contribution in [1.29, 1.82) is 0 Å². The van der Waals surface area contributed by atoms with Gasteiger partial charge in [-0.25, -0.2) is 4.98 Å². The number of aromatic nitrogens is 5. The summed E-state index contributed by atoms with van der Waals surface area (Å²) in [6.07, 6.45) is 0. The molecule has 0 bridgehead atoms. The van der Waals surface area contributed by atoms with Crippen LogP contribution in [-0.2, 0) is 11.3 Å². The zero-order chi connectivity index (χ0) is 18.8. The summed E-state index contributed by atoms with van der Waals surface area (Å²) in [7, 11) is 1.60. The first-order chi connectivity index (χ1) is 13.1. The van der Waals surface area contributed by atoms with Crippen molar-refractivity contribution in [2.75, 3.05) is 12.4 Å². The van der Waals surface area contributed by atoms with E-state index >= 15 is 0 Å². The molecule has 0 spiro atoms. The lowest BCUT2D eigenvalue weighted by molar-refractivity contribution is -0.116. The zero-order valence-electron chi connectivity index (χ0n) is 14.4. The van der Waals surface area contributed by atoms with Gasteiger partial charge in [0.25, 0.3) is 0 Å². The highest BCUT2D eigenvalue weighted by atomic mass is 32.1. The molecule has 9 heteroatoms. The smallest absolute Gasteiger partial charge is 0.246 e. The lowest BCUT2D eigenvalue weighted by Crippen LogP contribution is -2.20. The molecule has 0 radical (unpaired) electrons. The average Bonchev–Trinajstić information content (AvgIpc) is 3.25. The van der Waals surface area contributed by atoms with E-state index in [-0.39, 0.29) is 12.5 Å². The number of methoxy groups -OCH3 is 1. The van der Waals surface area contributed by atoms with Gasteiger partial charge in [0.05, 0.1) is 18.1 Å². The van der Waals surface area contributed by atoms with Crippen molar-refractivity contribution >= 4 is 35.1 Å². The van der Waals surface area contributed by atoms with Gasteiger partial charge in [0, 0.05) is 5.56 Å². The lowest BCUT2D eigenvalue weighted by atomic mass is 10.2. The Morgan fingerprint density at radius 3 is 2.74 bits per heavy atom. The van der Waals surface area contributed by atoms with Crippen molar-refractivity contribution in [3.63, 3.8) is 0 Å². The number of hydrogen-bond donors (Lipinski definition) is 3. The van der Waals surface area contributed by atoms with Gasteiger partial charge >= 0.3 is 0 Å². The standard InChI is InChI=1S/C18H16N6O2S/c1-26-12-8-6-11(7-9-12)16-22-23-18(27)24(16)10-15(25)21-17-19-13-4-2-3-5-14(13)20-17/h2-9H,10H2,1H3,(H,23,27)(H2,19,20,21,25). The van der Waals surface area contributed by atoms with Crippen molar-refractivity contribution < 1.29 is 9.53 Å². The van der Waals surface area contributed by atoms with Crippen molar-refractivity contribution in [1.82, 2.24) is 24.7 Å². The van der Waals surface area contributed by atoms with Crippen LogP contribution in [0.1, 0.15) is 0 Å². The SMILES string of the molecule is COc1ccc(-c2n[nH]c(=S)n2CC(=O)Nc2nc3ccccc3[nH]2)cc1. The van der Waals surface area contributed by atoms with Gasteiger partial charge in [-0.3, -0.25) is 19.8 Å². The number of ether oxygens (including phenoxy) is 1. The van der Waals surface area contributed by atoms with Crippen molar-refractivity contribution in [3.8, 4) is 17.1 Å².